The van der Waals surface area contributed by atoms with Gasteiger partial charge in [0.15, 0.2) is 11.6 Å². The summed E-state index contributed by atoms with van der Waals surface area (Å²) in [4.78, 5) is 7.91. The molecule has 14 heavy (non-hydrogen) atoms. The third kappa shape index (κ3) is 1.66. The van der Waals surface area contributed by atoms with Crippen LogP contribution in [-0.2, 0) is 0 Å². The molecule has 0 bridgehead atoms. The Morgan fingerprint density at radius 2 is 1.86 bits per heavy atom. The predicted octanol–water partition coefficient (Wildman–Crippen LogP) is -0.584. The van der Waals surface area contributed by atoms with E-state index in [1.165, 1.54) is 6.07 Å². The molecule has 0 amide bonds. The van der Waals surface area contributed by atoms with Crippen LogP contribution >= 0.6 is 0 Å². The van der Waals surface area contributed by atoms with Crippen LogP contribution in [0.4, 0.5) is 0 Å². The maximum absolute atomic E-state index is 8.80. The van der Waals surface area contributed by atoms with Gasteiger partial charge >= 0.3 is 7.12 Å². The average Bonchev–Trinajstić information content (AvgIpc) is 2.68. The molecular formula is C8H7BN2O3. The number of furan rings is 1. The first-order valence-electron chi connectivity index (χ1n) is 4.00. The normalized spacial score (nSPS) is 10.1. The first-order valence-corrected chi connectivity index (χ1v) is 4.00. The van der Waals surface area contributed by atoms with Gasteiger partial charge in [-0.2, -0.15) is 0 Å². The minimum atomic E-state index is -1.60. The van der Waals surface area contributed by atoms with Gasteiger partial charge in [0.25, 0.3) is 0 Å². The molecule has 0 aliphatic heterocycles. The van der Waals surface area contributed by atoms with Gasteiger partial charge in [-0.05, 0) is 18.2 Å². The van der Waals surface area contributed by atoms with Gasteiger partial charge in [-0.3, -0.25) is 0 Å². The van der Waals surface area contributed by atoms with E-state index >= 15 is 0 Å². The number of aromatic nitrogens is 2. The van der Waals surface area contributed by atoms with Crippen molar-refractivity contribution >= 4 is 12.8 Å². The van der Waals surface area contributed by atoms with Gasteiger partial charge in [0.05, 0.1) is 0 Å². The van der Waals surface area contributed by atoms with Crippen LogP contribution < -0.4 is 5.66 Å². The molecular weight excluding hydrogens is 183 g/mol. The lowest BCUT2D eigenvalue weighted by Gasteiger charge is -1.94. The van der Waals surface area contributed by atoms with E-state index in [1.54, 1.807) is 24.5 Å². The fourth-order valence-corrected chi connectivity index (χ4v) is 1.04. The van der Waals surface area contributed by atoms with Gasteiger partial charge in [-0.25, -0.2) is 9.97 Å². The molecule has 2 aromatic heterocycles. The van der Waals surface area contributed by atoms with E-state index in [0.29, 0.717) is 11.6 Å². The summed E-state index contributed by atoms with van der Waals surface area (Å²) in [6.07, 6.45) is 3.17. The monoisotopic (exact) mass is 190 g/mol. The van der Waals surface area contributed by atoms with E-state index in [-0.39, 0.29) is 5.66 Å². The van der Waals surface area contributed by atoms with E-state index in [0.717, 1.165) is 0 Å². The Balaban J connectivity index is 2.34. The Bertz CT molecular complexity index is 416. The lowest BCUT2D eigenvalue weighted by Crippen LogP contribution is -2.27. The maximum atomic E-state index is 8.80. The second-order valence-electron chi connectivity index (χ2n) is 2.65. The van der Waals surface area contributed by atoms with Gasteiger partial charge < -0.3 is 14.5 Å². The molecule has 2 heterocycles. The summed E-state index contributed by atoms with van der Waals surface area (Å²) in [5, 5.41) is 17.6. The van der Waals surface area contributed by atoms with E-state index in [2.05, 4.69) is 9.97 Å². The maximum Gasteiger partial charge on any atom is 0.526 e. The lowest BCUT2D eigenvalue weighted by molar-refractivity contribution is 0.410. The van der Waals surface area contributed by atoms with Crippen LogP contribution in [0.25, 0.3) is 11.6 Å². The quantitative estimate of drug-likeness (QED) is 0.619. The Labute approximate surface area is 80.2 Å². The highest BCUT2D eigenvalue weighted by Crippen LogP contribution is 2.12. The molecule has 0 aliphatic carbocycles. The van der Waals surface area contributed by atoms with Crippen LogP contribution in [0, 0.1) is 0 Å². The highest BCUT2D eigenvalue weighted by atomic mass is 16.4. The van der Waals surface area contributed by atoms with Crippen LogP contribution in [0.5, 0.6) is 0 Å². The third-order valence-corrected chi connectivity index (χ3v) is 1.67. The zero-order valence-electron chi connectivity index (χ0n) is 7.16. The molecule has 0 saturated heterocycles. The Hall–Kier alpha value is -1.66. The minimum Gasteiger partial charge on any atom is -0.461 e. The van der Waals surface area contributed by atoms with E-state index < -0.39 is 7.12 Å². The molecule has 0 fully saturated rings. The summed E-state index contributed by atoms with van der Waals surface area (Å²) in [6, 6.07) is 4.74. The summed E-state index contributed by atoms with van der Waals surface area (Å²) in [5.74, 6) is 0.827. The number of hydrogen-bond donors (Lipinski definition) is 2. The summed E-state index contributed by atoms with van der Waals surface area (Å²) >= 11 is 0. The first kappa shape index (κ1) is 8.92. The summed E-state index contributed by atoms with van der Waals surface area (Å²) in [5.41, 5.74) is 0.0763. The first-order chi connectivity index (χ1) is 6.77. The van der Waals surface area contributed by atoms with Crippen molar-refractivity contribution in [2.75, 3.05) is 0 Å². The highest BCUT2D eigenvalue weighted by Gasteiger charge is 2.17. The Kier molecular flexibility index (Phi) is 2.30. The smallest absolute Gasteiger partial charge is 0.461 e. The molecule has 0 aliphatic rings. The third-order valence-electron chi connectivity index (χ3n) is 1.67. The van der Waals surface area contributed by atoms with Crippen molar-refractivity contribution in [1.82, 2.24) is 9.97 Å². The largest absolute Gasteiger partial charge is 0.526 e. The summed E-state index contributed by atoms with van der Waals surface area (Å²) in [7, 11) is -1.60. The van der Waals surface area contributed by atoms with E-state index in [4.69, 9.17) is 14.5 Å². The topological polar surface area (TPSA) is 79.4 Å². The molecule has 0 unspecified atom stereocenters. The zero-order valence-corrected chi connectivity index (χ0v) is 7.16. The molecule has 70 valence electrons. The summed E-state index contributed by atoms with van der Waals surface area (Å²) in [6.45, 7) is 0. The van der Waals surface area contributed by atoms with Crippen LogP contribution in [0.2, 0.25) is 0 Å². The second-order valence-corrected chi connectivity index (χ2v) is 2.65. The molecule has 6 heteroatoms. The van der Waals surface area contributed by atoms with Gasteiger partial charge in [-0.1, -0.05) is 0 Å². The average molecular weight is 190 g/mol. The van der Waals surface area contributed by atoms with Gasteiger partial charge in [0.1, 0.15) is 5.66 Å². The standard InChI is InChI=1S/C8H7BN2O3/c12-9(13)7-3-2-6(14-7)8-10-4-1-5-11-8/h1-5,12-13H. The van der Waals surface area contributed by atoms with Crippen LogP contribution in [0.3, 0.4) is 0 Å². The minimum absolute atomic E-state index is 0.0763. The lowest BCUT2D eigenvalue weighted by atomic mass is 9.88. The summed E-state index contributed by atoms with van der Waals surface area (Å²) < 4.78 is 5.11. The van der Waals surface area contributed by atoms with Crippen LogP contribution in [0.1, 0.15) is 0 Å². The Morgan fingerprint density at radius 1 is 1.14 bits per heavy atom. The molecule has 0 aromatic carbocycles. The van der Waals surface area contributed by atoms with Crippen molar-refractivity contribution in [3.8, 4) is 11.6 Å². The fraction of sp³-hybridized carbons (Fsp3) is 0. The van der Waals surface area contributed by atoms with E-state index in [9.17, 15) is 0 Å². The predicted molar refractivity (Wildman–Crippen MR) is 49.6 cm³/mol. The fourth-order valence-electron chi connectivity index (χ4n) is 1.04. The van der Waals surface area contributed by atoms with Crippen molar-refractivity contribution < 1.29 is 14.5 Å². The molecule has 0 radical (unpaired) electrons. The zero-order chi connectivity index (χ0) is 9.97. The Morgan fingerprint density at radius 3 is 2.43 bits per heavy atom. The number of hydrogen-bond acceptors (Lipinski definition) is 5. The van der Waals surface area contributed by atoms with E-state index in [1.807, 2.05) is 0 Å². The molecule has 2 aromatic rings. The molecule has 5 nitrogen and oxygen atoms in total. The molecule has 2 N–H and O–H groups in total. The van der Waals surface area contributed by atoms with Crippen molar-refractivity contribution in [3.05, 3.63) is 30.6 Å². The SMILES string of the molecule is OB(O)c1ccc(-c2ncccn2)o1. The van der Waals surface area contributed by atoms with Gasteiger partial charge in [-0.15, -0.1) is 0 Å². The van der Waals surface area contributed by atoms with Gasteiger partial charge in [0.2, 0.25) is 0 Å². The van der Waals surface area contributed by atoms with Crippen molar-refractivity contribution in [3.63, 3.8) is 0 Å². The van der Waals surface area contributed by atoms with Gasteiger partial charge in [0, 0.05) is 12.4 Å². The number of rotatable bonds is 2. The number of nitrogens with zero attached hydrogens (tertiary/aromatic N) is 2. The highest BCUT2D eigenvalue weighted by molar-refractivity contribution is 6.57. The van der Waals surface area contributed by atoms with Crippen LogP contribution in [-0.4, -0.2) is 27.1 Å². The van der Waals surface area contributed by atoms with Crippen molar-refractivity contribution in [2.24, 2.45) is 0 Å². The molecule has 0 spiro atoms. The second kappa shape index (κ2) is 3.61. The van der Waals surface area contributed by atoms with Crippen molar-refractivity contribution in [2.45, 2.75) is 0 Å². The molecule has 2 rings (SSSR count). The van der Waals surface area contributed by atoms with Crippen LogP contribution in [0.15, 0.2) is 35.0 Å². The van der Waals surface area contributed by atoms with Crippen molar-refractivity contribution in [1.29, 1.82) is 0 Å². The molecule has 0 atom stereocenters. The molecule has 0 saturated carbocycles.